The van der Waals surface area contributed by atoms with E-state index >= 15 is 0 Å². The van der Waals surface area contributed by atoms with Crippen LogP contribution in [-0.2, 0) is 14.3 Å². The van der Waals surface area contributed by atoms with Gasteiger partial charge in [-0.15, -0.1) is 0 Å². The SMILES string of the molecule is CC(C)(C)[C@]1(C(=O)O)[C@@H](/C=C\C(=O)OC2CCCCC2)C1(C)C. The van der Waals surface area contributed by atoms with Crippen molar-refractivity contribution in [2.24, 2.45) is 22.2 Å². The molecule has 0 aromatic carbocycles. The molecule has 0 aliphatic heterocycles. The van der Waals surface area contributed by atoms with Crippen molar-refractivity contribution in [3.05, 3.63) is 12.2 Å². The van der Waals surface area contributed by atoms with Crippen molar-refractivity contribution in [1.29, 1.82) is 0 Å². The average Bonchev–Trinajstić information content (AvgIpc) is 2.94. The number of carboxylic acids is 1. The van der Waals surface area contributed by atoms with Crippen LogP contribution < -0.4 is 0 Å². The first-order chi connectivity index (χ1) is 10.5. The Morgan fingerprint density at radius 1 is 1.13 bits per heavy atom. The van der Waals surface area contributed by atoms with E-state index < -0.39 is 11.4 Å². The Hall–Kier alpha value is -1.32. The monoisotopic (exact) mass is 322 g/mol. The van der Waals surface area contributed by atoms with Gasteiger partial charge in [-0.25, -0.2) is 4.79 Å². The van der Waals surface area contributed by atoms with Crippen LogP contribution in [0, 0.1) is 22.2 Å². The Morgan fingerprint density at radius 2 is 1.70 bits per heavy atom. The molecule has 2 atom stereocenters. The molecule has 23 heavy (non-hydrogen) atoms. The molecule has 0 radical (unpaired) electrons. The molecular formula is C19H30O4. The van der Waals surface area contributed by atoms with Gasteiger partial charge >= 0.3 is 11.9 Å². The number of carboxylic acid groups (broad SMARTS) is 1. The van der Waals surface area contributed by atoms with Gasteiger partial charge in [0.25, 0.3) is 0 Å². The third-order valence-electron chi connectivity index (χ3n) is 5.96. The number of rotatable bonds is 4. The van der Waals surface area contributed by atoms with Crippen LogP contribution in [0.3, 0.4) is 0 Å². The highest BCUT2D eigenvalue weighted by molar-refractivity contribution is 5.85. The van der Waals surface area contributed by atoms with Gasteiger partial charge < -0.3 is 9.84 Å². The van der Waals surface area contributed by atoms with Crippen molar-refractivity contribution in [1.82, 2.24) is 0 Å². The van der Waals surface area contributed by atoms with E-state index in [0.717, 1.165) is 25.7 Å². The van der Waals surface area contributed by atoms with Gasteiger partial charge in [-0.1, -0.05) is 47.1 Å². The Balaban J connectivity index is 2.07. The maximum atomic E-state index is 12.0. The summed E-state index contributed by atoms with van der Waals surface area (Å²) in [5, 5.41) is 9.82. The molecular weight excluding hydrogens is 292 g/mol. The summed E-state index contributed by atoms with van der Waals surface area (Å²) in [6, 6.07) is 0. The molecule has 0 unspecified atom stereocenters. The standard InChI is InChI=1S/C19H30O4/c1-17(2,3)19(16(21)22)14(18(19,4)5)11-12-15(20)23-13-9-7-6-8-10-13/h11-14H,6-10H2,1-5H3,(H,21,22)/b12-11-/t14-,19+/m0/s1. The van der Waals surface area contributed by atoms with Crippen molar-refractivity contribution in [3.8, 4) is 0 Å². The van der Waals surface area contributed by atoms with Crippen molar-refractivity contribution < 1.29 is 19.4 Å². The molecule has 2 rings (SSSR count). The maximum absolute atomic E-state index is 12.0. The van der Waals surface area contributed by atoms with Gasteiger partial charge in [0.1, 0.15) is 6.10 Å². The minimum absolute atomic E-state index is 0.0277. The molecule has 1 N–H and O–H groups in total. The molecule has 2 saturated carbocycles. The zero-order valence-electron chi connectivity index (χ0n) is 15.0. The van der Waals surface area contributed by atoms with Gasteiger partial charge in [0.15, 0.2) is 0 Å². The average molecular weight is 322 g/mol. The third kappa shape index (κ3) is 2.92. The lowest BCUT2D eigenvalue weighted by Crippen LogP contribution is -2.35. The maximum Gasteiger partial charge on any atom is 0.330 e. The summed E-state index contributed by atoms with van der Waals surface area (Å²) in [4.78, 5) is 24.0. The summed E-state index contributed by atoms with van der Waals surface area (Å²) < 4.78 is 5.48. The van der Waals surface area contributed by atoms with Crippen LogP contribution >= 0.6 is 0 Å². The van der Waals surface area contributed by atoms with Gasteiger partial charge in [-0.05, 0) is 36.5 Å². The number of aliphatic carboxylic acids is 1. The van der Waals surface area contributed by atoms with E-state index in [4.69, 9.17) is 4.74 Å². The topological polar surface area (TPSA) is 63.6 Å². The van der Waals surface area contributed by atoms with Crippen LogP contribution in [0.5, 0.6) is 0 Å². The highest BCUT2D eigenvalue weighted by Gasteiger charge is 2.79. The summed E-state index contributed by atoms with van der Waals surface area (Å²) in [5.41, 5.74) is -1.61. The molecule has 0 aromatic heterocycles. The quantitative estimate of drug-likeness (QED) is 0.622. The Kier molecular flexibility index (Phi) is 4.67. The number of hydrogen-bond donors (Lipinski definition) is 1. The number of hydrogen-bond acceptors (Lipinski definition) is 3. The predicted octanol–water partition coefficient (Wildman–Crippen LogP) is 4.19. The van der Waals surface area contributed by atoms with Crippen molar-refractivity contribution in [2.75, 3.05) is 0 Å². The Morgan fingerprint density at radius 3 is 2.13 bits per heavy atom. The molecule has 2 fully saturated rings. The third-order valence-corrected chi connectivity index (χ3v) is 5.96. The number of allylic oxidation sites excluding steroid dienone is 1. The molecule has 4 nitrogen and oxygen atoms in total. The van der Waals surface area contributed by atoms with Crippen LogP contribution in [-0.4, -0.2) is 23.1 Å². The van der Waals surface area contributed by atoms with E-state index in [0.29, 0.717) is 0 Å². The van der Waals surface area contributed by atoms with E-state index in [1.54, 1.807) is 6.08 Å². The molecule has 2 aliphatic carbocycles. The van der Waals surface area contributed by atoms with Crippen molar-refractivity contribution in [2.45, 2.75) is 72.8 Å². The van der Waals surface area contributed by atoms with E-state index in [1.807, 2.05) is 34.6 Å². The summed E-state index contributed by atoms with van der Waals surface area (Å²) >= 11 is 0. The molecule has 130 valence electrons. The highest BCUT2D eigenvalue weighted by Crippen LogP contribution is 2.76. The molecule has 0 saturated heterocycles. The molecule has 0 spiro atoms. The first kappa shape index (κ1) is 18.0. The highest BCUT2D eigenvalue weighted by atomic mass is 16.5. The van der Waals surface area contributed by atoms with E-state index in [2.05, 4.69) is 0 Å². The minimum Gasteiger partial charge on any atom is -0.481 e. The lowest BCUT2D eigenvalue weighted by Gasteiger charge is -2.30. The van der Waals surface area contributed by atoms with Crippen molar-refractivity contribution in [3.63, 3.8) is 0 Å². The van der Waals surface area contributed by atoms with Gasteiger partial charge in [-0.2, -0.15) is 0 Å². The van der Waals surface area contributed by atoms with Crippen LogP contribution in [0.2, 0.25) is 0 Å². The summed E-state index contributed by atoms with van der Waals surface area (Å²) in [6.45, 7) is 9.80. The predicted molar refractivity (Wildman–Crippen MR) is 88.9 cm³/mol. The lowest BCUT2D eigenvalue weighted by atomic mass is 9.72. The zero-order valence-corrected chi connectivity index (χ0v) is 15.0. The summed E-state index contributed by atoms with van der Waals surface area (Å²) in [5.74, 6) is -1.29. The lowest BCUT2D eigenvalue weighted by molar-refractivity contribution is -0.150. The molecule has 2 aliphatic rings. The van der Waals surface area contributed by atoms with Gasteiger partial charge in [0.2, 0.25) is 0 Å². The molecule has 0 heterocycles. The van der Waals surface area contributed by atoms with Crippen LogP contribution in [0.4, 0.5) is 0 Å². The van der Waals surface area contributed by atoms with Gasteiger partial charge in [0.05, 0.1) is 5.41 Å². The van der Waals surface area contributed by atoms with E-state index in [1.165, 1.54) is 12.5 Å². The summed E-state index contributed by atoms with van der Waals surface area (Å²) in [7, 11) is 0. The fourth-order valence-electron chi connectivity index (χ4n) is 4.91. The second kappa shape index (κ2) is 5.95. The largest absolute Gasteiger partial charge is 0.481 e. The van der Waals surface area contributed by atoms with Gasteiger partial charge in [-0.3, -0.25) is 4.79 Å². The Labute approximate surface area is 139 Å². The fourth-order valence-corrected chi connectivity index (χ4v) is 4.91. The van der Waals surface area contributed by atoms with Crippen molar-refractivity contribution >= 4 is 11.9 Å². The van der Waals surface area contributed by atoms with Gasteiger partial charge in [0, 0.05) is 12.0 Å². The van der Waals surface area contributed by atoms with Crippen LogP contribution in [0.15, 0.2) is 12.2 Å². The number of carbonyl (C=O) groups is 2. The smallest absolute Gasteiger partial charge is 0.330 e. The Bertz CT molecular complexity index is 506. The van der Waals surface area contributed by atoms with Crippen LogP contribution in [0.25, 0.3) is 0 Å². The van der Waals surface area contributed by atoms with E-state index in [9.17, 15) is 14.7 Å². The minimum atomic E-state index is -0.846. The fraction of sp³-hybridized carbons (Fsp3) is 0.789. The summed E-state index contributed by atoms with van der Waals surface area (Å²) in [6.07, 6.45) is 8.55. The first-order valence-electron chi connectivity index (χ1n) is 8.67. The normalized spacial score (nSPS) is 31.1. The second-order valence-electron chi connectivity index (χ2n) is 8.62. The first-order valence-corrected chi connectivity index (χ1v) is 8.67. The molecule has 4 heteroatoms. The zero-order chi connectivity index (χ0) is 17.5. The number of esters is 1. The number of ether oxygens (including phenoxy) is 1. The molecule has 0 bridgehead atoms. The van der Waals surface area contributed by atoms with Crippen LogP contribution in [0.1, 0.15) is 66.7 Å². The molecule has 0 amide bonds. The second-order valence-corrected chi connectivity index (χ2v) is 8.62. The number of carbonyl (C=O) groups excluding carboxylic acids is 1. The van der Waals surface area contributed by atoms with E-state index in [-0.39, 0.29) is 28.8 Å². The molecule has 0 aromatic rings.